The van der Waals surface area contributed by atoms with Gasteiger partial charge in [0.1, 0.15) is 6.61 Å². The highest BCUT2D eigenvalue weighted by molar-refractivity contribution is 5.51. The molecule has 0 fully saturated rings. The number of hydrogen-bond acceptors (Lipinski definition) is 4. The van der Waals surface area contributed by atoms with Crippen molar-refractivity contribution in [3.05, 3.63) is 33.9 Å². The number of nitro benzene ring substituents is 1. The van der Waals surface area contributed by atoms with E-state index >= 15 is 0 Å². The van der Waals surface area contributed by atoms with E-state index in [1.807, 2.05) is 0 Å². The van der Waals surface area contributed by atoms with Gasteiger partial charge in [-0.05, 0) is 13.0 Å². The molecule has 0 heterocycles. The van der Waals surface area contributed by atoms with Crippen molar-refractivity contribution in [1.82, 2.24) is 0 Å². The van der Waals surface area contributed by atoms with E-state index in [0.717, 1.165) is 0 Å². The van der Waals surface area contributed by atoms with E-state index in [-0.39, 0.29) is 11.4 Å². The Morgan fingerprint density at radius 2 is 2.13 bits per heavy atom. The molecule has 0 aromatic heterocycles. The molecule has 1 aromatic rings. The molecule has 0 saturated carbocycles. The lowest BCUT2D eigenvalue weighted by Crippen LogP contribution is -2.06. The molecular formula is C10H13NO4. The molecule has 5 heteroatoms. The summed E-state index contributed by atoms with van der Waals surface area (Å²) in [4.78, 5) is 10.3. The fourth-order valence-electron chi connectivity index (χ4n) is 1.22. The van der Waals surface area contributed by atoms with Crippen molar-refractivity contribution in [2.75, 3.05) is 20.3 Å². The number of rotatable bonds is 5. The Morgan fingerprint density at radius 1 is 1.40 bits per heavy atom. The van der Waals surface area contributed by atoms with Gasteiger partial charge in [-0.1, -0.05) is 12.1 Å². The monoisotopic (exact) mass is 211 g/mol. The highest BCUT2D eigenvalue weighted by Gasteiger charge is 2.17. The summed E-state index contributed by atoms with van der Waals surface area (Å²) in [6.07, 6.45) is 0. The van der Waals surface area contributed by atoms with Crippen LogP contribution in [0.3, 0.4) is 0 Å². The highest BCUT2D eigenvalue weighted by atomic mass is 16.6. The Morgan fingerprint density at radius 3 is 2.73 bits per heavy atom. The molecule has 0 radical (unpaired) electrons. The van der Waals surface area contributed by atoms with Crippen molar-refractivity contribution in [2.45, 2.75) is 6.92 Å². The van der Waals surface area contributed by atoms with Gasteiger partial charge in [0.25, 0.3) is 0 Å². The quantitative estimate of drug-likeness (QED) is 0.424. The zero-order chi connectivity index (χ0) is 11.3. The average molecular weight is 211 g/mol. The molecule has 0 aliphatic rings. The molecule has 0 atom stereocenters. The van der Waals surface area contributed by atoms with Crippen molar-refractivity contribution in [2.24, 2.45) is 0 Å². The van der Waals surface area contributed by atoms with Gasteiger partial charge in [0.2, 0.25) is 0 Å². The van der Waals surface area contributed by atoms with Crippen molar-refractivity contribution >= 4 is 5.69 Å². The average Bonchev–Trinajstić information content (AvgIpc) is 2.17. The van der Waals surface area contributed by atoms with Crippen LogP contribution < -0.4 is 4.74 Å². The summed E-state index contributed by atoms with van der Waals surface area (Å²) in [6, 6.07) is 4.99. The summed E-state index contributed by atoms with van der Waals surface area (Å²) in [7, 11) is 1.55. The SMILES string of the molecule is COCCOc1cccc(C)c1[N+](=O)[O-]. The topological polar surface area (TPSA) is 61.6 Å². The molecule has 5 nitrogen and oxygen atoms in total. The third-order valence-electron chi connectivity index (χ3n) is 1.93. The molecule has 1 aromatic carbocycles. The molecule has 82 valence electrons. The number of nitro groups is 1. The lowest BCUT2D eigenvalue weighted by atomic mass is 10.2. The third-order valence-corrected chi connectivity index (χ3v) is 1.93. The Balaban J connectivity index is 2.86. The van der Waals surface area contributed by atoms with Crippen LogP contribution in [0.5, 0.6) is 5.75 Å². The molecule has 15 heavy (non-hydrogen) atoms. The van der Waals surface area contributed by atoms with Crippen LogP contribution in [-0.4, -0.2) is 25.2 Å². The molecule has 0 N–H and O–H groups in total. The van der Waals surface area contributed by atoms with Crippen molar-refractivity contribution in [3.63, 3.8) is 0 Å². The summed E-state index contributed by atoms with van der Waals surface area (Å²) in [5.74, 6) is 0.289. The molecular weight excluding hydrogens is 198 g/mol. The lowest BCUT2D eigenvalue weighted by Gasteiger charge is -2.07. The normalized spacial score (nSPS) is 10.0. The molecule has 0 saturated heterocycles. The van der Waals surface area contributed by atoms with E-state index in [9.17, 15) is 10.1 Å². The molecule has 0 unspecified atom stereocenters. The van der Waals surface area contributed by atoms with E-state index < -0.39 is 4.92 Å². The minimum atomic E-state index is -0.433. The van der Waals surface area contributed by atoms with Crippen molar-refractivity contribution in [3.8, 4) is 5.75 Å². The number of methoxy groups -OCH3 is 1. The zero-order valence-electron chi connectivity index (χ0n) is 8.73. The Labute approximate surface area is 87.8 Å². The number of hydrogen-bond donors (Lipinski definition) is 0. The summed E-state index contributed by atoms with van der Waals surface area (Å²) < 4.78 is 10.1. The van der Waals surface area contributed by atoms with Crippen LogP contribution >= 0.6 is 0 Å². The zero-order valence-corrected chi connectivity index (χ0v) is 8.73. The van der Waals surface area contributed by atoms with Crippen molar-refractivity contribution < 1.29 is 14.4 Å². The second kappa shape index (κ2) is 5.31. The minimum absolute atomic E-state index is 0.0219. The van der Waals surface area contributed by atoms with Gasteiger partial charge in [-0.15, -0.1) is 0 Å². The molecule has 0 aliphatic carbocycles. The smallest absolute Gasteiger partial charge is 0.313 e. The summed E-state index contributed by atoms with van der Waals surface area (Å²) in [5, 5.41) is 10.8. The summed E-state index contributed by atoms with van der Waals surface area (Å²) in [5.41, 5.74) is 0.614. The first-order valence-electron chi connectivity index (χ1n) is 4.52. The number of benzene rings is 1. The van der Waals surface area contributed by atoms with Gasteiger partial charge in [-0.25, -0.2) is 0 Å². The van der Waals surface area contributed by atoms with Gasteiger partial charge < -0.3 is 9.47 Å². The number of ether oxygens (including phenoxy) is 2. The maximum Gasteiger partial charge on any atom is 0.313 e. The molecule has 0 spiro atoms. The van der Waals surface area contributed by atoms with Gasteiger partial charge in [-0.2, -0.15) is 0 Å². The Bertz CT molecular complexity index is 351. The molecule has 0 bridgehead atoms. The maximum absolute atomic E-state index is 10.8. The van der Waals surface area contributed by atoms with Gasteiger partial charge in [0, 0.05) is 12.7 Å². The Hall–Kier alpha value is -1.62. The van der Waals surface area contributed by atoms with Crippen molar-refractivity contribution in [1.29, 1.82) is 0 Å². The molecule has 0 amide bonds. The second-order valence-corrected chi connectivity index (χ2v) is 3.02. The van der Waals surface area contributed by atoms with Crippen LogP contribution in [0.1, 0.15) is 5.56 Å². The van der Waals surface area contributed by atoms with Crippen LogP contribution in [0.2, 0.25) is 0 Å². The lowest BCUT2D eigenvalue weighted by molar-refractivity contribution is -0.386. The fourth-order valence-corrected chi connectivity index (χ4v) is 1.22. The fraction of sp³-hybridized carbons (Fsp3) is 0.400. The van der Waals surface area contributed by atoms with Crippen LogP contribution in [0, 0.1) is 17.0 Å². The molecule has 1 rings (SSSR count). The second-order valence-electron chi connectivity index (χ2n) is 3.02. The predicted octanol–water partition coefficient (Wildman–Crippen LogP) is 1.93. The summed E-state index contributed by atoms with van der Waals surface area (Å²) >= 11 is 0. The predicted molar refractivity (Wildman–Crippen MR) is 55.2 cm³/mol. The highest BCUT2D eigenvalue weighted by Crippen LogP contribution is 2.29. The maximum atomic E-state index is 10.8. The standard InChI is InChI=1S/C10H13NO4/c1-8-4-3-5-9(10(8)11(12)13)15-7-6-14-2/h3-5H,6-7H2,1-2H3. The number of nitrogens with zero attached hydrogens (tertiary/aromatic N) is 1. The van der Waals surface area contributed by atoms with Crippen LogP contribution in [0.4, 0.5) is 5.69 Å². The number of aryl methyl sites for hydroxylation is 1. The van der Waals surface area contributed by atoms with E-state index in [4.69, 9.17) is 9.47 Å². The van der Waals surface area contributed by atoms with E-state index in [2.05, 4.69) is 0 Å². The van der Waals surface area contributed by atoms with Crippen LogP contribution in [0.15, 0.2) is 18.2 Å². The van der Waals surface area contributed by atoms with E-state index in [1.54, 1.807) is 32.2 Å². The minimum Gasteiger partial charge on any atom is -0.484 e. The van der Waals surface area contributed by atoms with Gasteiger partial charge >= 0.3 is 5.69 Å². The van der Waals surface area contributed by atoms with E-state index in [0.29, 0.717) is 18.8 Å². The van der Waals surface area contributed by atoms with E-state index in [1.165, 1.54) is 0 Å². The van der Waals surface area contributed by atoms with Gasteiger partial charge in [0.15, 0.2) is 5.75 Å². The van der Waals surface area contributed by atoms with Crippen LogP contribution in [-0.2, 0) is 4.74 Å². The first-order chi connectivity index (χ1) is 7.16. The first kappa shape index (κ1) is 11.5. The first-order valence-corrected chi connectivity index (χ1v) is 4.52. The Kier molecular flexibility index (Phi) is 4.05. The number of para-hydroxylation sites is 1. The van der Waals surface area contributed by atoms with Crippen LogP contribution in [0.25, 0.3) is 0 Å². The third kappa shape index (κ3) is 2.92. The molecule has 0 aliphatic heterocycles. The van der Waals surface area contributed by atoms with Gasteiger partial charge in [-0.3, -0.25) is 10.1 Å². The van der Waals surface area contributed by atoms with Gasteiger partial charge in [0.05, 0.1) is 11.5 Å². The largest absolute Gasteiger partial charge is 0.484 e. The summed E-state index contributed by atoms with van der Waals surface area (Å²) in [6.45, 7) is 2.40.